The summed E-state index contributed by atoms with van der Waals surface area (Å²) in [6.45, 7) is 6.62. The Morgan fingerprint density at radius 3 is 0.714 bits per heavy atom. The highest BCUT2D eigenvalue weighted by atomic mass is 16.6. The molecule has 0 radical (unpaired) electrons. The van der Waals surface area contributed by atoms with Gasteiger partial charge in [0.2, 0.25) is 0 Å². The van der Waals surface area contributed by atoms with Crippen LogP contribution in [0, 0.1) is 0 Å². The third-order valence-electron chi connectivity index (χ3n) is 16.0. The first-order chi connectivity index (χ1) is 38.0. The molecule has 0 aliphatic rings. The number of ether oxygens (including phenoxy) is 3. The minimum absolute atomic E-state index is 0.0644. The zero-order valence-corrected chi connectivity index (χ0v) is 52.3. The van der Waals surface area contributed by atoms with Crippen molar-refractivity contribution >= 4 is 17.9 Å². The van der Waals surface area contributed by atoms with E-state index in [1.165, 1.54) is 283 Å². The van der Waals surface area contributed by atoms with Gasteiger partial charge in [-0.15, -0.1) is 0 Å². The van der Waals surface area contributed by atoms with Crippen LogP contribution in [0.25, 0.3) is 0 Å². The lowest BCUT2D eigenvalue weighted by molar-refractivity contribution is -0.167. The van der Waals surface area contributed by atoms with Crippen LogP contribution in [0.15, 0.2) is 24.3 Å². The molecule has 0 saturated heterocycles. The standard InChI is InChI=1S/C71H134O6/c1-4-7-10-13-15-17-19-21-23-25-27-28-29-30-31-32-33-34-35-36-37-38-39-40-41-42-44-45-47-49-51-53-55-58-61-64-70(73)76-67-68(66-75-69(72)63-60-57-12-9-6-3)77-71(74)65-62-59-56-54-52-50-48-46-43-26-24-22-20-18-16-14-11-8-5-2/h19,21,25,27,68H,4-18,20,22-24,26,28-67H2,1-3H3/b21-19-,27-25-. The van der Waals surface area contributed by atoms with Gasteiger partial charge in [0.15, 0.2) is 6.10 Å². The van der Waals surface area contributed by atoms with Crippen molar-refractivity contribution in [1.29, 1.82) is 0 Å². The zero-order valence-electron chi connectivity index (χ0n) is 52.3. The Labute approximate surface area is 481 Å². The van der Waals surface area contributed by atoms with Gasteiger partial charge < -0.3 is 14.2 Å². The zero-order chi connectivity index (χ0) is 55.7. The molecule has 0 N–H and O–H groups in total. The lowest BCUT2D eigenvalue weighted by atomic mass is 10.0. The Balaban J connectivity index is 3.85. The van der Waals surface area contributed by atoms with Gasteiger partial charge >= 0.3 is 17.9 Å². The van der Waals surface area contributed by atoms with E-state index in [-0.39, 0.29) is 31.1 Å². The predicted molar refractivity (Wildman–Crippen MR) is 335 cm³/mol. The molecular formula is C71H134O6. The van der Waals surface area contributed by atoms with Crippen molar-refractivity contribution in [2.24, 2.45) is 0 Å². The molecule has 0 aromatic rings. The third-order valence-corrected chi connectivity index (χ3v) is 16.0. The van der Waals surface area contributed by atoms with E-state index in [4.69, 9.17) is 14.2 Å². The SMILES string of the molecule is CCCCCCC/C=C\C/C=C\CCCCCCCCCCCCCCCCCCCCCCCCCC(=O)OCC(COC(=O)CCCCCCC)OC(=O)CCCCCCCCCCCCCCCCCCCCC. The van der Waals surface area contributed by atoms with Crippen LogP contribution in [-0.4, -0.2) is 37.2 Å². The largest absolute Gasteiger partial charge is 0.462 e. The van der Waals surface area contributed by atoms with Crippen molar-refractivity contribution in [3.63, 3.8) is 0 Å². The summed E-state index contributed by atoms with van der Waals surface area (Å²) in [5.41, 5.74) is 0. The Kier molecular flexibility index (Phi) is 64.6. The van der Waals surface area contributed by atoms with Crippen molar-refractivity contribution in [2.75, 3.05) is 13.2 Å². The Morgan fingerprint density at radius 1 is 0.260 bits per heavy atom. The summed E-state index contributed by atoms with van der Waals surface area (Å²) in [4.78, 5) is 37.9. The second-order valence-electron chi connectivity index (χ2n) is 23.8. The van der Waals surface area contributed by atoms with Gasteiger partial charge in [0.1, 0.15) is 13.2 Å². The van der Waals surface area contributed by atoms with E-state index in [1.807, 2.05) is 0 Å². The number of allylic oxidation sites excluding steroid dienone is 4. The summed E-state index contributed by atoms with van der Waals surface area (Å²) in [5, 5.41) is 0. The molecule has 0 spiro atoms. The molecule has 0 bridgehead atoms. The van der Waals surface area contributed by atoms with Gasteiger partial charge in [-0.05, 0) is 51.4 Å². The lowest BCUT2D eigenvalue weighted by Gasteiger charge is -2.18. The number of carbonyl (C=O) groups excluding carboxylic acids is 3. The first-order valence-corrected chi connectivity index (χ1v) is 34.8. The van der Waals surface area contributed by atoms with Crippen molar-refractivity contribution < 1.29 is 28.6 Å². The second kappa shape index (κ2) is 66.4. The van der Waals surface area contributed by atoms with Crippen molar-refractivity contribution in [3.05, 3.63) is 24.3 Å². The molecule has 0 aliphatic heterocycles. The van der Waals surface area contributed by atoms with Gasteiger partial charge in [0.25, 0.3) is 0 Å². The lowest BCUT2D eigenvalue weighted by Crippen LogP contribution is -2.30. The molecule has 0 aromatic heterocycles. The van der Waals surface area contributed by atoms with Gasteiger partial charge in [-0.2, -0.15) is 0 Å². The fraction of sp³-hybridized carbons (Fsp3) is 0.901. The third kappa shape index (κ3) is 64.6. The topological polar surface area (TPSA) is 78.9 Å². The Bertz CT molecular complexity index is 1240. The summed E-state index contributed by atoms with van der Waals surface area (Å²) in [5.74, 6) is -0.850. The normalized spacial score (nSPS) is 12.1. The van der Waals surface area contributed by atoms with Crippen LogP contribution in [0.1, 0.15) is 393 Å². The Hall–Kier alpha value is -2.11. The maximum Gasteiger partial charge on any atom is 0.306 e. The molecule has 6 heteroatoms. The molecule has 0 saturated carbocycles. The molecule has 0 rings (SSSR count). The van der Waals surface area contributed by atoms with Crippen LogP contribution in [0.3, 0.4) is 0 Å². The first-order valence-electron chi connectivity index (χ1n) is 34.8. The molecule has 77 heavy (non-hydrogen) atoms. The summed E-state index contributed by atoms with van der Waals surface area (Å²) in [6.07, 6.45) is 81.3. The highest BCUT2D eigenvalue weighted by Gasteiger charge is 2.19. The molecular weight excluding hydrogens is 949 g/mol. The average molecular weight is 1080 g/mol. The fourth-order valence-corrected chi connectivity index (χ4v) is 10.7. The predicted octanol–water partition coefficient (Wildman–Crippen LogP) is 23.8. The molecule has 0 aromatic carbocycles. The molecule has 0 fully saturated rings. The highest BCUT2D eigenvalue weighted by molar-refractivity contribution is 5.71. The average Bonchev–Trinajstić information content (AvgIpc) is 3.43. The highest BCUT2D eigenvalue weighted by Crippen LogP contribution is 2.19. The van der Waals surface area contributed by atoms with Crippen LogP contribution in [0.2, 0.25) is 0 Å². The maximum atomic E-state index is 12.8. The summed E-state index contributed by atoms with van der Waals surface area (Å²) in [6, 6.07) is 0. The van der Waals surface area contributed by atoms with E-state index in [2.05, 4.69) is 45.1 Å². The van der Waals surface area contributed by atoms with Crippen LogP contribution in [0.4, 0.5) is 0 Å². The van der Waals surface area contributed by atoms with E-state index < -0.39 is 6.10 Å². The van der Waals surface area contributed by atoms with E-state index in [0.717, 1.165) is 70.6 Å². The van der Waals surface area contributed by atoms with Gasteiger partial charge in [-0.3, -0.25) is 14.4 Å². The fourth-order valence-electron chi connectivity index (χ4n) is 10.7. The molecule has 0 heterocycles. The van der Waals surface area contributed by atoms with Crippen molar-refractivity contribution in [2.45, 2.75) is 399 Å². The van der Waals surface area contributed by atoms with Gasteiger partial charge in [0, 0.05) is 19.3 Å². The van der Waals surface area contributed by atoms with Crippen LogP contribution >= 0.6 is 0 Å². The molecule has 1 unspecified atom stereocenters. The minimum Gasteiger partial charge on any atom is -0.462 e. The van der Waals surface area contributed by atoms with Gasteiger partial charge in [0.05, 0.1) is 0 Å². The second-order valence-corrected chi connectivity index (χ2v) is 23.8. The quantitative estimate of drug-likeness (QED) is 0.0261. The number of hydrogen-bond acceptors (Lipinski definition) is 6. The monoisotopic (exact) mass is 1080 g/mol. The maximum absolute atomic E-state index is 12.8. The van der Waals surface area contributed by atoms with E-state index in [9.17, 15) is 14.4 Å². The molecule has 6 nitrogen and oxygen atoms in total. The smallest absolute Gasteiger partial charge is 0.306 e. The molecule has 0 aliphatic carbocycles. The van der Waals surface area contributed by atoms with Gasteiger partial charge in [-0.25, -0.2) is 0 Å². The summed E-state index contributed by atoms with van der Waals surface area (Å²) < 4.78 is 16.8. The number of carbonyl (C=O) groups is 3. The summed E-state index contributed by atoms with van der Waals surface area (Å²) >= 11 is 0. The minimum atomic E-state index is -0.762. The van der Waals surface area contributed by atoms with Crippen molar-refractivity contribution in [1.82, 2.24) is 0 Å². The van der Waals surface area contributed by atoms with E-state index >= 15 is 0 Å². The number of hydrogen-bond donors (Lipinski definition) is 0. The van der Waals surface area contributed by atoms with Crippen molar-refractivity contribution in [3.8, 4) is 0 Å². The number of esters is 3. The number of rotatable bonds is 65. The molecule has 454 valence electrons. The summed E-state index contributed by atoms with van der Waals surface area (Å²) in [7, 11) is 0. The van der Waals surface area contributed by atoms with Gasteiger partial charge in [-0.1, -0.05) is 347 Å². The first kappa shape index (κ1) is 74.9. The van der Waals surface area contributed by atoms with Crippen LogP contribution < -0.4 is 0 Å². The Morgan fingerprint density at radius 2 is 0.468 bits per heavy atom. The number of unbranched alkanes of at least 4 members (excludes halogenated alkanes) is 50. The molecule has 0 amide bonds. The van der Waals surface area contributed by atoms with E-state index in [0.29, 0.717) is 19.3 Å². The molecule has 1 atom stereocenters. The van der Waals surface area contributed by atoms with E-state index in [1.54, 1.807) is 0 Å². The van der Waals surface area contributed by atoms with Crippen LogP contribution in [0.5, 0.6) is 0 Å². The van der Waals surface area contributed by atoms with Crippen LogP contribution in [-0.2, 0) is 28.6 Å².